The lowest BCUT2D eigenvalue weighted by Crippen LogP contribution is -2.11. The highest BCUT2D eigenvalue weighted by molar-refractivity contribution is 5.45. The number of rotatable bonds is 6. The van der Waals surface area contributed by atoms with Crippen molar-refractivity contribution in [3.63, 3.8) is 0 Å². The number of aryl methyl sites for hydroxylation is 1. The van der Waals surface area contributed by atoms with Crippen LogP contribution in [-0.4, -0.2) is 18.1 Å². The second-order valence-electron chi connectivity index (χ2n) is 4.49. The van der Waals surface area contributed by atoms with E-state index >= 15 is 0 Å². The highest BCUT2D eigenvalue weighted by Gasteiger charge is 2.04. The van der Waals surface area contributed by atoms with Gasteiger partial charge in [-0.1, -0.05) is 0 Å². The minimum Gasteiger partial charge on any atom is -0.492 e. The van der Waals surface area contributed by atoms with Gasteiger partial charge < -0.3 is 10.1 Å². The summed E-state index contributed by atoms with van der Waals surface area (Å²) in [6, 6.07) is 10.7. The number of ether oxygens (including phenoxy) is 1. The standard InChI is InChI=1S/C15H15FN2O3/c1-11-10-12(2-7-15(11)16)17-8-9-21-14-5-3-13(4-6-14)18(19)20/h2-7,10,17H,8-9H2,1H3. The van der Waals surface area contributed by atoms with Crippen LogP contribution < -0.4 is 10.1 Å². The molecule has 0 aliphatic carbocycles. The largest absolute Gasteiger partial charge is 0.492 e. The Morgan fingerprint density at radius 3 is 2.57 bits per heavy atom. The molecule has 2 rings (SSSR count). The average Bonchev–Trinajstić information content (AvgIpc) is 2.47. The zero-order valence-corrected chi connectivity index (χ0v) is 11.5. The van der Waals surface area contributed by atoms with Crippen LogP contribution in [0.5, 0.6) is 5.75 Å². The molecule has 2 aromatic rings. The zero-order valence-electron chi connectivity index (χ0n) is 11.5. The van der Waals surface area contributed by atoms with Crippen molar-refractivity contribution in [3.8, 4) is 5.75 Å². The van der Waals surface area contributed by atoms with Gasteiger partial charge in [0.25, 0.3) is 5.69 Å². The number of nitro groups is 1. The first kappa shape index (κ1) is 14.8. The van der Waals surface area contributed by atoms with Crippen LogP contribution in [0.3, 0.4) is 0 Å². The molecule has 0 bridgehead atoms. The molecule has 0 saturated heterocycles. The summed E-state index contributed by atoms with van der Waals surface area (Å²) in [6.45, 7) is 2.64. The molecule has 0 aliphatic rings. The summed E-state index contributed by atoms with van der Waals surface area (Å²) >= 11 is 0. The molecule has 5 nitrogen and oxygen atoms in total. The quantitative estimate of drug-likeness (QED) is 0.502. The van der Waals surface area contributed by atoms with E-state index in [0.29, 0.717) is 24.5 Å². The van der Waals surface area contributed by atoms with Gasteiger partial charge in [0, 0.05) is 24.4 Å². The fourth-order valence-corrected chi connectivity index (χ4v) is 1.78. The van der Waals surface area contributed by atoms with Crippen molar-refractivity contribution < 1.29 is 14.1 Å². The van der Waals surface area contributed by atoms with E-state index in [0.717, 1.165) is 5.69 Å². The third-order valence-corrected chi connectivity index (χ3v) is 2.91. The van der Waals surface area contributed by atoms with Gasteiger partial charge in [-0.25, -0.2) is 4.39 Å². The van der Waals surface area contributed by atoms with Gasteiger partial charge in [0.2, 0.25) is 0 Å². The van der Waals surface area contributed by atoms with Crippen LogP contribution in [0, 0.1) is 22.9 Å². The average molecular weight is 290 g/mol. The van der Waals surface area contributed by atoms with Crippen molar-refractivity contribution in [1.29, 1.82) is 0 Å². The maximum atomic E-state index is 13.1. The third-order valence-electron chi connectivity index (χ3n) is 2.91. The van der Waals surface area contributed by atoms with Gasteiger partial charge >= 0.3 is 0 Å². The Hall–Kier alpha value is -2.63. The Balaban J connectivity index is 1.79. The second-order valence-corrected chi connectivity index (χ2v) is 4.49. The number of nitrogens with zero attached hydrogens (tertiary/aromatic N) is 1. The first-order valence-corrected chi connectivity index (χ1v) is 6.43. The predicted molar refractivity (Wildman–Crippen MR) is 78.2 cm³/mol. The first-order valence-electron chi connectivity index (χ1n) is 6.43. The summed E-state index contributed by atoms with van der Waals surface area (Å²) in [5.74, 6) is 0.334. The molecule has 1 N–H and O–H groups in total. The van der Waals surface area contributed by atoms with E-state index in [2.05, 4.69) is 5.32 Å². The lowest BCUT2D eigenvalue weighted by Gasteiger charge is -2.09. The van der Waals surface area contributed by atoms with Gasteiger partial charge in [-0.2, -0.15) is 0 Å². The first-order chi connectivity index (χ1) is 10.1. The van der Waals surface area contributed by atoms with Crippen molar-refractivity contribution in [2.24, 2.45) is 0 Å². The number of benzene rings is 2. The maximum absolute atomic E-state index is 13.1. The SMILES string of the molecule is Cc1cc(NCCOc2ccc([N+](=O)[O-])cc2)ccc1F. The van der Waals surface area contributed by atoms with E-state index in [9.17, 15) is 14.5 Å². The molecule has 0 aromatic heterocycles. The summed E-state index contributed by atoms with van der Waals surface area (Å²) in [7, 11) is 0. The molecule has 0 atom stereocenters. The van der Waals surface area contributed by atoms with Gasteiger partial charge in [-0.15, -0.1) is 0 Å². The molecule has 0 aliphatic heterocycles. The summed E-state index contributed by atoms with van der Waals surface area (Å²) in [4.78, 5) is 10.1. The van der Waals surface area contributed by atoms with Crippen LogP contribution in [0.1, 0.15) is 5.56 Å². The topological polar surface area (TPSA) is 64.4 Å². The van der Waals surface area contributed by atoms with Crippen molar-refractivity contribution in [3.05, 3.63) is 64.0 Å². The highest BCUT2D eigenvalue weighted by atomic mass is 19.1. The number of non-ortho nitro benzene ring substituents is 1. The number of halogens is 1. The Kier molecular flexibility index (Phi) is 4.71. The van der Waals surface area contributed by atoms with E-state index in [-0.39, 0.29) is 11.5 Å². The van der Waals surface area contributed by atoms with E-state index in [1.807, 2.05) is 0 Å². The predicted octanol–water partition coefficient (Wildman–Crippen LogP) is 3.53. The van der Waals surface area contributed by atoms with Crippen molar-refractivity contribution in [2.75, 3.05) is 18.5 Å². The van der Waals surface area contributed by atoms with Crippen LogP contribution in [0.25, 0.3) is 0 Å². The molecule has 21 heavy (non-hydrogen) atoms. The number of nitro benzene ring substituents is 1. The third kappa shape index (κ3) is 4.17. The molecular formula is C15H15FN2O3. The molecule has 0 fully saturated rings. The fraction of sp³-hybridized carbons (Fsp3) is 0.200. The van der Waals surface area contributed by atoms with Gasteiger partial charge in [-0.05, 0) is 42.8 Å². The van der Waals surface area contributed by atoms with Crippen LogP contribution in [0.15, 0.2) is 42.5 Å². The van der Waals surface area contributed by atoms with E-state index in [1.165, 1.54) is 18.2 Å². The Bertz CT molecular complexity index is 629. The summed E-state index contributed by atoms with van der Waals surface area (Å²) < 4.78 is 18.6. The van der Waals surface area contributed by atoms with Crippen LogP contribution >= 0.6 is 0 Å². The molecule has 0 amide bonds. The summed E-state index contributed by atoms with van der Waals surface area (Å²) in [5, 5.41) is 13.6. The molecule has 0 radical (unpaired) electrons. The molecule has 0 spiro atoms. The molecule has 110 valence electrons. The monoisotopic (exact) mass is 290 g/mol. The molecule has 0 saturated carbocycles. The molecule has 0 heterocycles. The molecule has 6 heteroatoms. The Morgan fingerprint density at radius 1 is 1.24 bits per heavy atom. The van der Waals surface area contributed by atoms with Crippen molar-refractivity contribution >= 4 is 11.4 Å². The summed E-state index contributed by atoms with van der Waals surface area (Å²) in [5.41, 5.74) is 1.43. The number of nitrogens with one attached hydrogen (secondary N) is 1. The fourth-order valence-electron chi connectivity index (χ4n) is 1.78. The van der Waals surface area contributed by atoms with Gasteiger partial charge in [-0.3, -0.25) is 10.1 Å². The zero-order chi connectivity index (χ0) is 15.2. The van der Waals surface area contributed by atoms with Crippen LogP contribution in [0.4, 0.5) is 15.8 Å². The molecular weight excluding hydrogens is 275 g/mol. The van der Waals surface area contributed by atoms with E-state index in [4.69, 9.17) is 4.74 Å². The number of hydrogen-bond donors (Lipinski definition) is 1. The second kappa shape index (κ2) is 6.69. The summed E-state index contributed by atoms with van der Waals surface area (Å²) in [6.07, 6.45) is 0. The van der Waals surface area contributed by atoms with E-state index in [1.54, 1.807) is 31.2 Å². The van der Waals surface area contributed by atoms with Gasteiger partial charge in [0.05, 0.1) is 4.92 Å². The maximum Gasteiger partial charge on any atom is 0.269 e. The van der Waals surface area contributed by atoms with Crippen molar-refractivity contribution in [1.82, 2.24) is 0 Å². The normalized spacial score (nSPS) is 10.2. The number of anilines is 1. The Labute approximate surface area is 121 Å². The highest BCUT2D eigenvalue weighted by Crippen LogP contribution is 2.17. The van der Waals surface area contributed by atoms with Crippen molar-refractivity contribution in [2.45, 2.75) is 6.92 Å². The molecule has 2 aromatic carbocycles. The van der Waals surface area contributed by atoms with Gasteiger partial charge in [0.15, 0.2) is 0 Å². The minimum absolute atomic E-state index is 0.0299. The lowest BCUT2D eigenvalue weighted by atomic mass is 10.2. The van der Waals surface area contributed by atoms with Crippen LogP contribution in [0.2, 0.25) is 0 Å². The Morgan fingerprint density at radius 2 is 1.95 bits per heavy atom. The minimum atomic E-state index is -0.456. The lowest BCUT2D eigenvalue weighted by molar-refractivity contribution is -0.384. The molecule has 0 unspecified atom stereocenters. The smallest absolute Gasteiger partial charge is 0.269 e. The van der Waals surface area contributed by atoms with E-state index < -0.39 is 4.92 Å². The van der Waals surface area contributed by atoms with Crippen LogP contribution in [-0.2, 0) is 0 Å². The van der Waals surface area contributed by atoms with Gasteiger partial charge in [0.1, 0.15) is 18.2 Å². The number of hydrogen-bond acceptors (Lipinski definition) is 4.